The van der Waals surface area contributed by atoms with Gasteiger partial charge in [0.2, 0.25) is 0 Å². The summed E-state index contributed by atoms with van der Waals surface area (Å²) in [4.78, 5) is 0. The van der Waals surface area contributed by atoms with Crippen LogP contribution in [-0.2, 0) is 10.3 Å². The largest absolute Gasteiger partial charge is 0.384 e. The maximum atomic E-state index is 10.7. The van der Waals surface area contributed by atoms with Gasteiger partial charge in [0.1, 0.15) is 5.60 Å². The van der Waals surface area contributed by atoms with E-state index in [-0.39, 0.29) is 0 Å². The molecule has 0 amide bonds. The Balaban J connectivity index is 2.01. The van der Waals surface area contributed by atoms with Crippen molar-refractivity contribution in [1.82, 2.24) is 5.32 Å². The normalized spacial score (nSPS) is 22.9. The van der Waals surface area contributed by atoms with Crippen molar-refractivity contribution in [2.24, 2.45) is 0 Å². The van der Waals surface area contributed by atoms with E-state index in [9.17, 15) is 5.11 Å². The third kappa shape index (κ3) is 3.32. The van der Waals surface area contributed by atoms with Crippen LogP contribution in [0.5, 0.6) is 0 Å². The molecule has 1 saturated heterocycles. The molecule has 0 aliphatic carbocycles. The van der Waals surface area contributed by atoms with Crippen molar-refractivity contribution in [3.05, 3.63) is 34.3 Å². The second kappa shape index (κ2) is 6.15. The summed E-state index contributed by atoms with van der Waals surface area (Å²) in [5.41, 5.74) is 0.156. The van der Waals surface area contributed by atoms with Gasteiger partial charge in [-0.2, -0.15) is 0 Å². The molecule has 3 nitrogen and oxygen atoms in total. The average Bonchev–Trinajstić information content (AvgIpc) is 2.90. The molecule has 1 aliphatic rings. The highest BCUT2D eigenvalue weighted by atomic mass is 79.9. The van der Waals surface area contributed by atoms with Crippen molar-refractivity contribution in [3.63, 3.8) is 0 Å². The second-order valence-corrected chi connectivity index (χ2v) is 5.75. The maximum Gasteiger partial charge on any atom is 0.102 e. The van der Waals surface area contributed by atoms with Crippen molar-refractivity contribution < 1.29 is 9.84 Å². The van der Waals surface area contributed by atoms with Crippen LogP contribution >= 0.6 is 15.9 Å². The summed E-state index contributed by atoms with van der Waals surface area (Å²) in [6, 6.07) is 8.25. The lowest BCUT2D eigenvalue weighted by atomic mass is 9.91. The Kier molecular flexibility index (Phi) is 4.78. The van der Waals surface area contributed by atoms with Crippen molar-refractivity contribution >= 4 is 15.9 Å². The van der Waals surface area contributed by atoms with Gasteiger partial charge < -0.3 is 15.2 Å². The van der Waals surface area contributed by atoms with E-state index in [0.717, 1.165) is 29.7 Å². The molecule has 2 atom stereocenters. The minimum Gasteiger partial charge on any atom is -0.384 e. The molecule has 100 valence electrons. The predicted molar refractivity (Wildman–Crippen MR) is 75.6 cm³/mol. The van der Waals surface area contributed by atoms with E-state index in [1.807, 2.05) is 31.2 Å². The van der Waals surface area contributed by atoms with Gasteiger partial charge in [0.15, 0.2) is 0 Å². The molecule has 2 unspecified atom stereocenters. The summed E-state index contributed by atoms with van der Waals surface area (Å²) < 4.78 is 6.36. The first-order chi connectivity index (χ1) is 8.64. The quantitative estimate of drug-likeness (QED) is 0.877. The predicted octanol–water partition coefficient (Wildman–Crippen LogP) is 2.43. The van der Waals surface area contributed by atoms with Crippen molar-refractivity contribution in [2.75, 3.05) is 19.8 Å². The molecule has 0 aromatic heterocycles. The summed E-state index contributed by atoms with van der Waals surface area (Å²) in [7, 11) is 0. The maximum absolute atomic E-state index is 10.7. The van der Waals surface area contributed by atoms with Crippen LogP contribution in [0.4, 0.5) is 0 Å². The number of aliphatic hydroxyl groups is 1. The lowest BCUT2D eigenvalue weighted by Crippen LogP contribution is -2.42. The highest BCUT2D eigenvalue weighted by Gasteiger charge is 2.28. The molecule has 4 heteroatoms. The Morgan fingerprint density at radius 3 is 2.72 bits per heavy atom. The zero-order valence-electron chi connectivity index (χ0n) is 10.7. The SMILES string of the molecule is CCC(O)(CNC1CCOC1)c1ccc(Br)cc1. The highest BCUT2D eigenvalue weighted by molar-refractivity contribution is 9.10. The number of ether oxygens (including phenoxy) is 1. The molecule has 0 spiro atoms. The van der Waals surface area contributed by atoms with E-state index in [4.69, 9.17) is 4.74 Å². The third-order valence-corrected chi connectivity index (χ3v) is 4.11. The molecular weight excluding hydrogens is 294 g/mol. The van der Waals surface area contributed by atoms with Crippen LogP contribution in [0, 0.1) is 0 Å². The van der Waals surface area contributed by atoms with Crippen LogP contribution in [0.2, 0.25) is 0 Å². The molecule has 0 radical (unpaired) electrons. The molecule has 2 N–H and O–H groups in total. The summed E-state index contributed by atoms with van der Waals surface area (Å²) in [6.45, 7) is 4.15. The lowest BCUT2D eigenvalue weighted by molar-refractivity contribution is 0.0294. The summed E-state index contributed by atoms with van der Waals surface area (Å²) in [5.74, 6) is 0. The molecule has 1 aliphatic heterocycles. The highest BCUT2D eigenvalue weighted by Crippen LogP contribution is 2.26. The Morgan fingerprint density at radius 2 is 2.17 bits per heavy atom. The van der Waals surface area contributed by atoms with Crippen molar-refractivity contribution in [3.8, 4) is 0 Å². The van der Waals surface area contributed by atoms with E-state index in [0.29, 0.717) is 19.0 Å². The van der Waals surface area contributed by atoms with E-state index in [1.54, 1.807) is 0 Å². The fourth-order valence-corrected chi connectivity index (χ4v) is 2.46. The smallest absolute Gasteiger partial charge is 0.102 e. The fourth-order valence-electron chi connectivity index (χ4n) is 2.20. The van der Waals surface area contributed by atoms with Gasteiger partial charge in [-0.15, -0.1) is 0 Å². The fraction of sp³-hybridized carbons (Fsp3) is 0.571. The Hall–Kier alpha value is -0.420. The topological polar surface area (TPSA) is 41.5 Å². The second-order valence-electron chi connectivity index (χ2n) is 4.83. The first kappa shape index (κ1) is 14.0. The number of hydrogen-bond donors (Lipinski definition) is 2. The van der Waals surface area contributed by atoms with E-state index < -0.39 is 5.60 Å². The molecule has 1 aromatic rings. The minimum absolute atomic E-state index is 0.374. The standard InChI is InChI=1S/C14H20BrNO2/c1-2-14(17,10-16-13-7-8-18-9-13)11-3-5-12(15)6-4-11/h3-6,13,16-17H,2,7-10H2,1H3. The van der Waals surface area contributed by atoms with Gasteiger partial charge in [-0.05, 0) is 30.5 Å². The zero-order chi connectivity index (χ0) is 13.0. The van der Waals surface area contributed by atoms with Crippen LogP contribution in [0.25, 0.3) is 0 Å². The van der Waals surface area contributed by atoms with Crippen molar-refractivity contribution in [2.45, 2.75) is 31.4 Å². The molecule has 1 aromatic carbocycles. The van der Waals surface area contributed by atoms with E-state index in [1.165, 1.54) is 0 Å². The number of halogens is 1. The summed E-state index contributed by atoms with van der Waals surface area (Å²) >= 11 is 3.41. The number of benzene rings is 1. The molecule has 2 rings (SSSR count). The van der Waals surface area contributed by atoms with Crippen LogP contribution in [0.1, 0.15) is 25.3 Å². The van der Waals surface area contributed by atoms with Gasteiger partial charge >= 0.3 is 0 Å². The van der Waals surface area contributed by atoms with Gasteiger partial charge in [0.05, 0.1) is 6.61 Å². The molecule has 0 bridgehead atoms. The third-order valence-electron chi connectivity index (χ3n) is 3.58. The molecule has 1 fully saturated rings. The summed E-state index contributed by atoms with van der Waals surface area (Å²) in [5, 5.41) is 14.1. The zero-order valence-corrected chi connectivity index (χ0v) is 12.2. The minimum atomic E-state index is -0.802. The number of rotatable bonds is 5. The summed E-state index contributed by atoms with van der Waals surface area (Å²) in [6.07, 6.45) is 1.72. The van der Waals surface area contributed by atoms with E-state index in [2.05, 4.69) is 21.2 Å². The van der Waals surface area contributed by atoms with Gasteiger partial charge in [0, 0.05) is 23.7 Å². The van der Waals surface area contributed by atoms with Gasteiger partial charge in [-0.25, -0.2) is 0 Å². The Morgan fingerprint density at radius 1 is 1.44 bits per heavy atom. The van der Waals surface area contributed by atoms with Crippen LogP contribution in [-0.4, -0.2) is 30.9 Å². The van der Waals surface area contributed by atoms with Gasteiger partial charge in [0.25, 0.3) is 0 Å². The first-order valence-corrected chi connectivity index (χ1v) is 7.23. The van der Waals surface area contributed by atoms with E-state index >= 15 is 0 Å². The van der Waals surface area contributed by atoms with Gasteiger partial charge in [-0.1, -0.05) is 35.0 Å². The van der Waals surface area contributed by atoms with Crippen molar-refractivity contribution in [1.29, 1.82) is 0 Å². The average molecular weight is 314 g/mol. The molecule has 18 heavy (non-hydrogen) atoms. The van der Waals surface area contributed by atoms with Gasteiger partial charge in [-0.3, -0.25) is 0 Å². The molecule has 0 saturated carbocycles. The first-order valence-electron chi connectivity index (χ1n) is 6.43. The number of hydrogen-bond acceptors (Lipinski definition) is 3. The Bertz CT molecular complexity index is 376. The molecule has 1 heterocycles. The Labute approximate surface area is 117 Å². The monoisotopic (exact) mass is 313 g/mol. The lowest BCUT2D eigenvalue weighted by Gasteiger charge is -2.29. The van der Waals surface area contributed by atoms with Crippen LogP contribution < -0.4 is 5.32 Å². The molecular formula is C14H20BrNO2. The van der Waals surface area contributed by atoms with Crippen LogP contribution in [0.3, 0.4) is 0 Å². The number of nitrogens with one attached hydrogen (secondary N) is 1. The van der Waals surface area contributed by atoms with Crippen LogP contribution in [0.15, 0.2) is 28.7 Å².